The van der Waals surface area contributed by atoms with Crippen LogP contribution in [0.2, 0.25) is 0 Å². The van der Waals surface area contributed by atoms with E-state index < -0.39 is 22.4 Å². The van der Waals surface area contributed by atoms with Gasteiger partial charge in [0, 0.05) is 23.7 Å². The lowest BCUT2D eigenvalue weighted by Crippen LogP contribution is -2.37. The Bertz CT molecular complexity index is 1060. The maximum atomic E-state index is 13.7. The van der Waals surface area contributed by atoms with Crippen LogP contribution in [0.1, 0.15) is 39.5 Å². The van der Waals surface area contributed by atoms with E-state index in [1.165, 1.54) is 17.8 Å². The quantitative estimate of drug-likeness (QED) is 0.485. The monoisotopic (exact) mass is 477 g/mol. The number of thioether (sulfide) groups is 1. The lowest BCUT2D eigenvalue weighted by atomic mass is 9.81. The minimum Gasteiger partial charge on any atom is -0.481 e. The number of benzene rings is 2. The first-order valence-electron chi connectivity index (χ1n) is 10.9. The molecule has 6 nitrogen and oxygen atoms in total. The number of anilines is 2. The topological polar surface area (TPSA) is 83.9 Å². The van der Waals surface area contributed by atoms with E-state index in [4.69, 9.17) is 9.84 Å². The number of carboxylic acid groups (broad SMARTS) is 1. The second-order valence-electron chi connectivity index (χ2n) is 8.29. The fourth-order valence-corrected chi connectivity index (χ4v) is 7.01. The zero-order chi connectivity index (χ0) is 23.4. The van der Waals surface area contributed by atoms with Gasteiger partial charge in [0.2, 0.25) is 0 Å². The SMILES string of the molecule is CCCCC1(CC)CN(c2ccccc2)c2cc(SC)c(OCC(=O)O)cc2S(=O)(=O)C1. The summed E-state index contributed by atoms with van der Waals surface area (Å²) < 4.78 is 32.9. The fraction of sp³-hybridized carbons (Fsp3) is 0.458. The molecule has 1 aliphatic rings. The van der Waals surface area contributed by atoms with Crippen molar-refractivity contribution in [3.05, 3.63) is 42.5 Å². The number of hydrogen-bond acceptors (Lipinski definition) is 6. The van der Waals surface area contributed by atoms with E-state index in [9.17, 15) is 13.2 Å². The molecule has 0 saturated carbocycles. The van der Waals surface area contributed by atoms with Crippen molar-refractivity contribution >= 4 is 38.9 Å². The molecule has 0 amide bonds. The lowest BCUT2D eigenvalue weighted by molar-refractivity contribution is -0.139. The number of sulfone groups is 1. The van der Waals surface area contributed by atoms with Crippen molar-refractivity contribution in [2.75, 3.05) is 30.1 Å². The molecule has 0 bridgehead atoms. The number of fused-ring (bicyclic) bond motifs is 1. The van der Waals surface area contributed by atoms with E-state index in [1.807, 2.05) is 42.7 Å². The number of rotatable bonds is 9. The average molecular weight is 478 g/mol. The number of unbranched alkanes of at least 4 members (excludes halogenated alkanes) is 1. The summed E-state index contributed by atoms with van der Waals surface area (Å²) in [5, 5.41) is 9.04. The number of hydrogen-bond donors (Lipinski definition) is 1. The number of carbonyl (C=O) groups is 1. The van der Waals surface area contributed by atoms with Gasteiger partial charge in [0.1, 0.15) is 5.75 Å². The summed E-state index contributed by atoms with van der Waals surface area (Å²) in [6.45, 7) is 4.27. The summed E-state index contributed by atoms with van der Waals surface area (Å²) in [5.41, 5.74) is 1.17. The summed E-state index contributed by atoms with van der Waals surface area (Å²) in [6.07, 6.45) is 5.41. The number of nitrogens with zero attached hydrogens (tertiary/aromatic N) is 1. The van der Waals surface area contributed by atoms with Crippen molar-refractivity contribution in [1.29, 1.82) is 0 Å². The molecule has 8 heteroatoms. The number of aliphatic carboxylic acids is 1. The van der Waals surface area contributed by atoms with Crippen molar-refractivity contribution in [1.82, 2.24) is 0 Å². The second kappa shape index (κ2) is 10.2. The molecule has 0 saturated heterocycles. The van der Waals surface area contributed by atoms with Gasteiger partial charge in [0.05, 0.1) is 21.2 Å². The molecule has 0 aliphatic carbocycles. The lowest BCUT2D eigenvalue weighted by Gasteiger charge is -2.36. The average Bonchev–Trinajstić information content (AvgIpc) is 2.88. The zero-order valence-electron chi connectivity index (χ0n) is 18.8. The smallest absolute Gasteiger partial charge is 0.341 e. The van der Waals surface area contributed by atoms with Gasteiger partial charge in [-0.15, -0.1) is 11.8 Å². The van der Waals surface area contributed by atoms with Gasteiger partial charge in [0.25, 0.3) is 0 Å². The Morgan fingerprint density at radius 3 is 2.53 bits per heavy atom. The third-order valence-electron chi connectivity index (χ3n) is 6.09. The molecule has 0 radical (unpaired) electrons. The Balaban J connectivity index is 2.23. The van der Waals surface area contributed by atoms with Crippen LogP contribution in [0.15, 0.2) is 52.3 Å². The van der Waals surface area contributed by atoms with Crippen molar-refractivity contribution in [2.24, 2.45) is 5.41 Å². The molecule has 2 aromatic rings. The van der Waals surface area contributed by atoms with Crippen LogP contribution in [-0.2, 0) is 14.6 Å². The molecule has 0 fully saturated rings. The Kier molecular flexibility index (Phi) is 7.77. The number of ether oxygens (including phenoxy) is 1. The highest BCUT2D eigenvalue weighted by atomic mass is 32.2. The van der Waals surface area contributed by atoms with Crippen molar-refractivity contribution in [2.45, 2.75) is 49.3 Å². The van der Waals surface area contributed by atoms with E-state index >= 15 is 0 Å². The standard InChI is InChI=1S/C24H31NO5S2/c1-4-6-12-24(5-2)16-25(18-10-8-7-9-11-18)19-13-21(31-3)20(30-15-23(26)27)14-22(19)32(28,29)17-24/h7-11,13-14H,4-6,12,15-17H2,1-3H3,(H,26,27). The van der Waals surface area contributed by atoms with Crippen LogP contribution >= 0.6 is 11.8 Å². The fourth-order valence-electron chi connectivity index (χ4n) is 4.28. The molecule has 1 aliphatic heterocycles. The number of para-hydroxylation sites is 1. The highest BCUT2D eigenvalue weighted by molar-refractivity contribution is 7.98. The first kappa shape index (κ1) is 24.5. The molecule has 1 N–H and O–H groups in total. The maximum absolute atomic E-state index is 13.7. The summed E-state index contributed by atoms with van der Waals surface area (Å²) in [5.74, 6) is -0.762. The molecule has 2 aromatic carbocycles. The highest BCUT2D eigenvalue weighted by Crippen LogP contribution is 2.47. The van der Waals surface area contributed by atoms with E-state index in [1.54, 1.807) is 0 Å². The van der Waals surface area contributed by atoms with E-state index in [2.05, 4.69) is 18.7 Å². The summed E-state index contributed by atoms with van der Waals surface area (Å²) in [4.78, 5) is 14.1. The molecule has 0 aromatic heterocycles. The van der Waals surface area contributed by atoms with E-state index in [-0.39, 0.29) is 21.8 Å². The van der Waals surface area contributed by atoms with Crippen LogP contribution < -0.4 is 9.64 Å². The number of carboxylic acids is 1. The molecular weight excluding hydrogens is 446 g/mol. The molecule has 32 heavy (non-hydrogen) atoms. The van der Waals surface area contributed by atoms with Gasteiger partial charge in [-0.3, -0.25) is 0 Å². The van der Waals surface area contributed by atoms with Crippen LogP contribution in [-0.4, -0.2) is 44.7 Å². The van der Waals surface area contributed by atoms with Crippen molar-refractivity contribution in [3.63, 3.8) is 0 Å². The third-order valence-corrected chi connectivity index (χ3v) is 8.84. The molecular formula is C24H31NO5S2. The highest BCUT2D eigenvalue weighted by Gasteiger charge is 2.41. The van der Waals surface area contributed by atoms with Crippen LogP contribution in [0.5, 0.6) is 5.75 Å². The zero-order valence-corrected chi connectivity index (χ0v) is 20.5. The molecule has 1 heterocycles. The van der Waals surface area contributed by atoms with Gasteiger partial charge in [-0.2, -0.15) is 0 Å². The first-order chi connectivity index (χ1) is 15.2. The Morgan fingerprint density at radius 2 is 1.94 bits per heavy atom. The second-order valence-corrected chi connectivity index (χ2v) is 11.1. The van der Waals surface area contributed by atoms with Gasteiger partial charge in [-0.05, 0) is 37.3 Å². The Hall–Kier alpha value is -2.19. The van der Waals surface area contributed by atoms with Gasteiger partial charge in [0.15, 0.2) is 16.4 Å². The molecule has 1 unspecified atom stereocenters. The Morgan fingerprint density at radius 1 is 1.22 bits per heavy atom. The molecule has 1 atom stereocenters. The van der Waals surface area contributed by atoms with Crippen LogP contribution in [0.4, 0.5) is 11.4 Å². The van der Waals surface area contributed by atoms with Crippen LogP contribution in [0.3, 0.4) is 0 Å². The summed E-state index contributed by atoms with van der Waals surface area (Å²) in [6, 6.07) is 13.2. The molecule has 174 valence electrons. The van der Waals surface area contributed by atoms with Gasteiger partial charge >= 0.3 is 5.97 Å². The van der Waals surface area contributed by atoms with Gasteiger partial charge < -0.3 is 14.7 Å². The largest absolute Gasteiger partial charge is 0.481 e. The predicted molar refractivity (Wildman–Crippen MR) is 129 cm³/mol. The van der Waals surface area contributed by atoms with Crippen LogP contribution in [0.25, 0.3) is 0 Å². The Labute approximate surface area is 194 Å². The maximum Gasteiger partial charge on any atom is 0.341 e. The van der Waals surface area contributed by atoms with E-state index in [0.29, 0.717) is 17.1 Å². The summed E-state index contributed by atoms with van der Waals surface area (Å²) in [7, 11) is -3.63. The molecule has 0 spiro atoms. The van der Waals surface area contributed by atoms with Gasteiger partial charge in [-0.1, -0.05) is 44.9 Å². The minimum absolute atomic E-state index is 0.0593. The van der Waals surface area contributed by atoms with Gasteiger partial charge in [-0.25, -0.2) is 13.2 Å². The first-order valence-corrected chi connectivity index (χ1v) is 13.7. The third kappa shape index (κ3) is 5.23. The summed E-state index contributed by atoms with van der Waals surface area (Å²) >= 11 is 1.40. The predicted octanol–water partition coefficient (Wildman–Crippen LogP) is 5.38. The normalized spacial score (nSPS) is 19.8. The van der Waals surface area contributed by atoms with Crippen molar-refractivity contribution in [3.8, 4) is 5.75 Å². The van der Waals surface area contributed by atoms with E-state index in [0.717, 1.165) is 31.4 Å². The minimum atomic E-state index is -3.63. The van der Waals surface area contributed by atoms with Crippen LogP contribution in [0, 0.1) is 5.41 Å². The molecule has 3 rings (SSSR count). The van der Waals surface area contributed by atoms with Crippen molar-refractivity contribution < 1.29 is 23.1 Å².